The van der Waals surface area contributed by atoms with Gasteiger partial charge >= 0.3 is 0 Å². The lowest BCUT2D eigenvalue weighted by molar-refractivity contribution is 0.414. The summed E-state index contributed by atoms with van der Waals surface area (Å²) in [5, 5.41) is 10.1. The van der Waals surface area contributed by atoms with E-state index in [1.807, 2.05) is 52.9 Å². The van der Waals surface area contributed by atoms with Crippen molar-refractivity contribution in [2.75, 3.05) is 12.9 Å². The number of benzene rings is 2. The number of aromatic nitrogens is 4. The van der Waals surface area contributed by atoms with E-state index in [0.29, 0.717) is 11.2 Å². The third kappa shape index (κ3) is 2.64. The maximum Gasteiger partial charge on any atom is 0.267 e. The fraction of sp³-hybridized carbons (Fsp3) is 0.211. The van der Waals surface area contributed by atoms with Gasteiger partial charge in [0.2, 0.25) is 5.78 Å². The third-order valence-electron chi connectivity index (χ3n) is 4.16. The van der Waals surface area contributed by atoms with Crippen molar-refractivity contribution in [3.8, 4) is 11.4 Å². The molecule has 0 fully saturated rings. The molecular weight excluding hydrogens is 348 g/mol. The maximum atomic E-state index is 13.2. The Kier molecular flexibility index (Phi) is 4.38. The van der Waals surface area contributed by atoms with Crippen molar-refractivity contribution in [3.63, 3.8) is 0 Å². The minimum absolute atomic E-state index is 0.113. The van der Waals surface area contributed by atoms with Crippen molar-refractivity contribution in [3.05, 3.63) is 58.9 Å². The van der Waals surface area contributed by atoms with Gasteiger partial charge in [0.05, 0.1) is 23.7 Å². The Morgan fingerprint density at radius 3 is 2.58 bits per heavy atom. The molecule has 4 aromatic rings. The number of methoxy groups -OCH3 is 1. The lowest BCUT2D eigenvalue weighted by Crippen LogP contribution is -2.21. The number of para-hydroxylation sites is 1. The van der Waals surface area contributed by atoms with E-state index in [-0.39, 0.29) is 5.56 Å². The molecular formula is C19H18N4O2S. The van der Waals surface area contributed by atoms with Gasteiger partial charge < -0.3 is 4.74 Å². The number of thioether (sulfide) groups is 1. The number of hydrogen-bond acceptors (Lipinski definition) is 5. The second kappa shape index (κ2) is 6.84. The van der Waals surface area contributed by atoms with Gasteiger partial charge in [0.15, 0.2) is 5.16 Å². The Bertz CT molecular complexity index is 1130. The van der Waals surface area contributed by atoms with Crippen LogP contribution in [0.3, 0.4) is 0 Å². The first-order valence-corrected chi connectivity index (χ1v) is 9.39. The molecule has 6 nitrogen and oxygen atoms in total. The van der Waals surface area contributed by atoms with Crippen LogP contribution in [-0.2, 0) is 0 Å². The van der Waals surface area contributed by atoms with Crippen molar-refractivity contribution in [1.29, 1.82) is 0 Å². The van der Waals surface area contributed by atoms with Gasteiger partial charge in [0.25, 0.3) is 5.56 Å². The van der Waals surface area contributed by atoms with Gasteiger partial charge in [-0.25, -0.2) is 4.57 Å². The van der Waals surface area contributed by atoms with Crippen molar-refractivity contribution >= 4 is 28.4 Å². The molecule has 4 rings (SSSR count). The number of fused-ring (bicyclic) bond motifs is 3. The van der Waals surface area contributed by atoms with E-state index < -0.39 is 0 Å². The summed E-state index contributed by atoms with van der Waals surface area (Å²) in [4.78, 5) is 13.2. The molecule has 7 heteroatoms. The van der Waals surface area contributed by atoms with Crippen LogP contribution in [-0.4, -0.2) is 32.0 Å². The van der Waals surface area contributed by atoms with Crippen molar-refractivity contribution in [1.82, 2.24) is 19.2 Å². The fourth-order valence-electron chi connectivity index (χ4n) is 2.93. The normalized spacial score (nSPS) is 11.3. The summed E-state index contributed by atoms with van der Waals surface area (Å²) in [6.45, 7) is 2.13. The summed E-state index contributed by atoms with van der Waals surface area (Å²) >= 11 is 1.64. The summed E-state index contributed by atoms with van der Waals surface area (Å²) in [7, 11) is 1.62. The molecule has 0 spiro atoms. The van der Waals surface area contributed by atoms with Gasteiger partial charge in [-0.1, -0.05) is 30.8 Å². The van der Waals surface area contributed by atoms with Crippen LogP contribution in [0.5, 0.6) is 5.75 Å². The molecule has 0 radical (unpaired) electrons. The van der Waals surface area contributed by atoms with Gasteiger partial charge in [-0.2, -0.15) is 0 Å². The molecule has 0 atom stereocenters. The van der Waals surface area contributed by atoms with Gasteiger partial charge in [0.1, 0.15) is 5.75 Å². The highest BCUT2D eigenvalue weighted by Crippen LogP contribution is 2.24. The van der Waals surface area contributed by atoms with Gasteiger partial charge in [-0.15, -0.1) is 10.2 Å². The highest BCUT2D eigenvalue weighted by molar-refractivity contribution is 7.99. The Labute approximate surface area is 154 Å². The number of nitrogens with zero attached hydrogens (tertiary/aromatic N) is 4. The molecule has 0 aliphatic rings. The molecule has 0 aliphatic heterocycles. The van der Waals surface area contributed by atoms with E-state index in [0.717, 1.165) is 34.3 Å². The standard InChI is InChI=1S/C19H18N4O2S/c1-3-12-26-19-21-20-18-22(13-8-10-14(25-2)11-9-13)17(24)15-6-4-5-7-16(15)23(18)19/h4-11H,3,12H2,1-2H3. The predicted molar refractivity (Wildman–Crippen MR) is 104 cm³/mol. The molecule has 0 bridgehead atoms. The fourth-order valence-corrected chi connectivity index (χ4v) is 3.72. The van der Waals surface area contributed by atoms with Crippen LogP contribution in [0, 0.1) is 0 Å². The number of ether oxygens (including phenoxy) is 1. The Morgan fingerprint density at radius 1 is 1.08 bits per heavy atom. The van der Waals surface area contributed by atoms with E-state index in [2.05, 4.69) is 17.1 Å². The van der Waals surface area contributed by atoms with Gasteiger partial charge in [-0.05, 0) is 42.8 Å². The Hall–Kier alpha value is -2.80. The highest BCUT2D eigenvalue weighted by atomic mass is 32.2. The summed E-state index contributed by atoms with van der Waals surface area (Å²) in [5.41, 5.74) is 1.43. The predicted octanol–water partition coefficient (Wildman–Crippen LogP) is 3.54. The molecule has 0 unspecified atom stereocenters. The monoisotopic (exact) mass is 366 g/mol. The van der Waals surface area contributed by atoms with Crippen LogP contribution in [0.25, 0.3) is 22.4 Å². The SMILES string of the molecule is CCCSc1nnc2n(-c3ccc(OC)cc3)c(=O)c3ccccc3n12. The van der Waals surface area contributed by atoms with Crippen molar-refractivity contribution in [2.45, 2.75) is 18.5 Å². The molecule has 2 heterocycles. The summed E-state index contributed by atoms with van der Waals surface area (Å²) < 4.78 is 8.78. The molecule has 2 aromatic carbocycles. The molecule has 0 amide bonds. The molecule has 0 saturated carbocycles. The minimum Gasteiger partial charge on any atom is -0.497 e. The zero-order valence-electron chi connectivity index (χ0n) is 14.5. The number of hydrogen-bond donors (Lipinski definition) is 0. The van der Waals surface area contributed by atoms with E-state index in [9.17, 15) is 4.79 Å². The maximum absolute atomic E-state index is 13.2. The topological polar surface area (TPSA) is 61.4 Å². The first kappa shape index (κ1) is 16.7. The van der Waals surface area contributed by atoms with Crippen molar-refractivity contribution in [2.24, 2.45) is 0 Å². The molecule has 0 aliphatic carbocycles. The Balaban J connectivity index is 2.06. The van der Waals surface area contributed by atoms with Crippen LogP contribution >= 0.6 is 11.8 Å². The van der Waals surface area contributed by atoms with E-state index in [1.54, 1.807) is 23.4 Å². The second-order valence-corrected chi connectivity index (χ2v) is 6.88. The minimum atomic E-state index is -0.113. The average molecular weight is 366 g/mol. The number of rotatable bonds is 5. The van der Waals surface area contributed by atoms with Gasteiger partial charge in [0, 0.05) is 5.75 Å². The Morgan fingerprint density at radius 2 is 1.85 bits per heavy atom. The van der Waals surface area contributed by atoms with Crippen LogP contribution in [0.2, 0.25) is 0 Å². The van der Waals surface area contributed by atoms with Gasteiger partial charge in [-0.3, -0.25) is 9.20 Å². The van der Waals surface area contributed by atoms with Crippen LogP contribution < -0.4 is 10.3 Å². The smallest absolute Gasteiger partial charge is 0.267 e. The lowest BCUT2D eigenvalue weighted by Gasteiger charge is -2.11. The third-order valence-corrected chi connectivity index (χ3v) is 5.30. The van der Waals surface area contributed by atoms with Crippen LogP contribution in [0.4, 0.5) is 0 Å². The molecule has 26 heavy (non-hydrogen) atoms. The molecule has 0 N–H and O–H groups in total. The van der Waals surface area contributed by atoms with Crippen molar-refractivity contribution < 1.29 is 4.74 Å². The summed E-state index contributed by atoms with van der Waals surface area (Å²) in [6.07, 6.45) is 1.04. The first-order chi connectivity index (χ1) is 12.7. The molecule has 0 saturated heterocycles. The first-order valence-electron chi connectivity index (χ1n) is 8.40. The zero-order valence-corrected chi connectivity index (χ0v) is 15.4. The summed E-state index contributed by atoms with van der Waals surface area (Å²) in [6, 6.07) is 14.9. The molecule has 2 aromatic heterocycles. The highest BCUT2D eigenvalue weighted by Gasteiger charge is 2.17. The second-order valence-electron chi connectivity index (χ2n) is 5.82. The van der Waals surface area contributed by atoms with E-state index >= 15 is 0 Å². The van der Waals surface area contributed by atoms with Crippen LogP contribution in [0.1, 0.15) is 13.3 Å². The largest absolute Gasteiger partial charge is 0.497 e. The quantitative estimate of drug-likeness (QED) is 0.506. The van der Waals surface area contributed by atoms with E-state index in [4.69, 9.17) is 4.74 Å². The van der Waals surface area contributed by atoms with Crippen LogP contribution in [0.15, 0.2) is 58.5 Å². The zero-order chi connectivity index (χ0) is 18.1. The van der Waals surface area contributed by atoms with E-state index in [1.165, 1.54) is 0 Å². The molecule has 132 valence electrons. The average Bonchev–Trinajstić information content (AvgIpc) is 3.11. The lowest BCUT2D eigenvalue weighted by atomic mass is 10.2. The summed E-state index contributed by atoms with van der Waals surface area (Å²) in [5.74, 6) is 2.19.